The van der Waals surface area contributed by atoms with E-state index in [1.54, 1.807) is 10.8 Å². The second-order valence-corrected chi connectivity index (χ2v) is 7.23. The highest BCUT2D eigenvalue weighted by molar-refractivity contribution is 5.83. The summed E-state index contributed by atoms with van der Waals surface area (Å²) in [7, 11) is 0. The van der Waals surface area contributed by atoms with Gasteiger partial charge < -0.3 is 0 Å². The van der Waals surface area contributed by atoms with Crippen LogP contribution in [-0.2, 0) is 13.0 Å². The van der Waals surface area contributed by atoms with E-state index in [0.29, 0.717) is 36.1 Å². The minimum atomic E-state index is -0.833. The SMILES string of the molecule is O=c1c2ccc(-c3ccccn3)cc2nc2n1CC1(CC1)C(F)CC2. The topological polar surface area (TPSA) is 47.8 Å². The second-order valence-electron chi connectivity index (χ2n) is 7.23. The van der Waals surface area contributed by atoms with E-state index in [0.717, 1.165) is 24.1 Å². The van der Waals surface area contributed by atoms with Crippen LogP contribution in [0, 0.1) is 5.41 Å². The first-order valence-electron chi connectivity index (χ1n) is 8.75. The maximum Gasteiger partial charge on any atom is 0.261 e. The molecule has 1 atom stereocenters. The van der Waals surface area contributed by atoms with Crippen LogP contribution in [0.4, 0.5) is 4.39 Å². The van der Waals surface area contributed by atoms with E-state index in [2.05, 4.69) is 4.98 Å². The van der Waals surface area contributed by atoms with Crippen molar-refractivity contribution < 1.29 is 4.39 Å². The number of rotatable bonds is 1. The summed E-state index contributed by atoms with van der Waals surface area (Å²) in [5.41, 5.74) is 2.08. The van der Waals surface area contributed by atoms with Crippen molar-refractivity contribution in [2.75, 3.05) is 0 Å². The van der Waals surface area contributed by atoms with Gasteiger partial charge in [0.25, 0.3) is 5.56 Å². The first-order valence-corrected chi connectivity index (χ1v) is 8.75. The number of aryl methyl sites for hydroxylation is 1. The van der Waals surface area contributed by atoms with Gasteiger partial charge in [-0.25, -0.2) is 9.37 Å². The molecule has 1 saturated carbocycles. The number of fused-ring (bicyclic) bond motifs is 2. The lowest BCUT2D eigenvalue weighted by atomic mass is 9.98. The van der Waals surface area contributed by atoms with Gasteiger partial charge in [0.15, 0.2) is 0 Å². The number of halogens is 1. The van der Waals surface area contributed by atoms with Crippen molar-refractivity contribution in [3.05, 3.63) is 58.8 Å². The number of nitrogens with zero attached hydrogens (tertiary/aromatic N) is 3. The molecule has 1 unspecified atom stereocenters. The Morgan fingerprint density at radius 3 is 2.84 bits per heavy atom. The zero-order chi connectivity index (χ0) is 17.0. The van der Waals surface area contributed by atoms with Crippen LogP contribution in [0.3, 0.4) is 0 Å². The third-order valence-corrected chi connectivity index (χ3v) is 5.65. The van der Waals surface area contributed by atoms with Crippen molar-refractivity contribution >= 4 is 10.9 Å². The van der Waals surface area contributed by atoms with E-state index < -0.39 is 6.17 Å². The van der Waals surface area contributed by atoms with Crippen LogP contribution in [0.1, 0.15) is 25.1 Å². The van der Waals surface area contributed by atoms with E-state index in [1.807, 2.05) is 36.4 Å². The normalized spacial score (nSPS) is 21.1. The van der Waals surface area contributed by atoms with Gasteiger partial charge in [-0.05, 0) is 43.5 Å². The van der Waals surface area contributed by atoms with Crippen molar-refractivity contribution in [1.29, 1.82) is 0 Å². The number of pyridine rings is 1. The molecule has 1 aromatic carbocycles. The molecule has 3 aromatic rings. The summed E-state index contributed by atoms with van der Waals surface area (Å²) in [6, 6.07) is 11.4. The predicted molar refractivity (Wildman–Crippen MR) is 94.1 cm³/mol. The minimum Gasteiger partial charge on any atom is -0.295 e. The highest BCUT2D eigenvalue weighted by Crippen LogP contribution is 2.53. The molecule has 0 N–H and O–H groups in total. The van der Waals surface area contributed by atoms with E-state index in [-0.39, 0.29) is 11.0 Å². The molecule has 25 heavy (non-hydrogen) atoms. The zero-order valence-electron chi connectivity index (χ0n) is 13.8. The molecule has 5 heteroatoms. The van der Waals surface area contributed by atoms with Crippen molar-refractivity contribution in [1.82, 2.24) is 14.5 Å². The van der Waals surface area contributed by atoms with Gasteiger partial charge >= 0.3 is 0 Å². The fourth-order valence-corrected chi connectivity index (χ4v) is 3.92. The smallest absolute Gasteiger partial charge is 0.261 e. The molecular formula is C20H18FN3O. The Labute approximate surface area is 144 Å². The number of aromatic nitrogens is 3. The molecule has 1 aliphatic heterocycles. The summed E-state index contributed by atoms with van der Waals surface area (Å²) in [4.78, 5) is 22.1. The molecule has 1 aliphatic carbocycles. The molecule has 3 heterocycles. The molecule has 2 aliphatic rings. The highest BCUT2D eigenvalue weighted by Gasteiger charge is 2.51. The molecular weight excluding hydrogens is 317 g/mol. The number of benzene rings is 1. The predicted octanol–water partition coefficient (Wildman–Crippen LogP) is 3.52. The summed E-state index contributed by atoms with van der Waals surface area (Å²) in [5.74, 6) is 0.710. The molecule has 0 radical (unpaired) electrons. The third-order valence-electron chi connectivity index (χ3n) is 5.65. The maximum atomic E-state index is 14.5. The van der Waals surface area contributed by atoms with Gasteiger partial charge in [-0.1, -0.05) is 12.1 Å². The molecule has 1 spiro atoms. The zero-order valence-corrected chi connectivity index (χ0v) is 13.8. The summed E-state index contributed by atoms with van der Waals surface area (Å²) < 4.78 is 16.2. The van der Waals surface area contributed by atoms with Gasteiger partial charge in [-0.3, -0.25) is 14.3 Å². The van der Waals surface area contributed by atoms with E-state index in [9.17, 15) is 9.18 Å². The van der Waals surface area contributed by atoms with Crippen molar-refractivity contribution in [3.8, 4) is 11.3 Å². The van der Waals surface area contributed by atoms with E-state index in [1.165, 1.54) is 0 Å². The van der Waals surface area contributed by atoms with Crippen LogP contribution < -0.4 is 5.56 Å². The standard InChI is InChI=1S/C20H18FN3O/c21-17-6-7-18-23-16-11-13(15-3-1-2-10-22-15)4-5-14(16)19(25)24(18)12-20(17)8-9-20/h1-5,10-11,17H,6-9,12H2. The van der Waals surface area contributed by atoms with Crippen LogP contribution in [0.15, 0.2) is 47.4 Å². The average Bonchev–Trinajstić information content (AvgIpc) is 3.45. The van der Waals surface area contributed by atoms with Crippen LogP contribution in [0.2, 0.25) is 0 Å². The Kier molecular flexibility index (Phi) is 3.08. The van der Waals surface area contributed by atoms with Gasteiger partial charge in [0.05, 0.1) is 16.6 Å². The lowest BCUT2D eigenvalue weighted by Crippen LogP contribution is -2.29. The van der Waals surface area contributed by atoms with Crippen molar-refractivity contribution in [2.45, 2.75) is 38.4 Å². The molecule has 0 bridgehead atoms. The summed E-state index contributed by atoms with van der Waals surface area (Å²) >= 11 is 0. The van der Waals surface area contributed by atoms with Gasteiger partial charge in [0, 0.05) is 30.1 Å². The lowest BCUT2D eigenvalue weighted by molar-refractivity contribution is 0.185. The number of hydrogen-bond donors (Lipinski definition) is 0. The Balaban J connectivity index is 1.67. The molecule has 1 fully saturated rings. The van der Waals surface area contributed by atoms with Crippen LogP contribution in [0.5, 0.6) is 0 Å². The summed E-state index contributed by atoms with van der Waals surface area (Å²) in [5, 5.41) is 0.594. The van der Waals surface area contributed by atoms with Gasteiger partial charge in [-0.2, -0.15) is 0 Å². The Hall–Kier alpha value is -2.56. The molecule has 2 aromatic heterocycles. The van der Waals surface area contributed by atoms with Gasteiger partial charge in [0.1, 0.15) is 12.0 Å². The Bertz CT molecular complexity index is 1020. The number of alkyl halides is 1. The molecule has 4 nitrogen and oxygen atoms in total. The van der Waals surface area contributed by atoms with Crippen LogP contribution >= 0.6 is 0 Å². The maximum absolute atomic E-state index is 14.5. The van der Waals surface area contributed by atoms with Crippen molar-refractivity contribution in [2.24, 2.45) is 5.41 Å². The van der Waals surface area contributed by atoms with Crippen molar-refractivity contribution in [3.63, 3.8) is 0 Å². The van der Waals surface area contributed by atoms with Gasteiger partial charge in [-0.15, -0.1) is 0 Å². The summed E-state index contributed by atoms with van der Waals surface area (Å²) in [6.45, 7) is 0.466. The Morgan fingerprint density at radius 1 is 1.20 bits per heavy atom. The first-order chi connectivity index (χ1) is 12.2. The largest absolute Gasteiger partial charge is 0.295 e. The highest BCUT2D eigenvalue weighted by atomic mass is 19.1. The first kappa shape index (κ1) is 14.8. The molecule has 5 rings (SSSR count). The van der Waals surface area contributed by atoms with Gasteiger partial charge in [0.2, 0.25) is 0 Å². The monoisotopic (exact) mass is 335 g/mol. The molecule has 0 amide bonds. The molecule has 0 saturated heterocycles. The average molecular weight is 335 g/mol. The second kappa shape index (κ2) is 5.22. The van der Waals surface area contributed by atoms with E-state index in [4.69, 9.17) is 4.98 Å². The van der Waals surface area contributed by atoms with E-state index >= 15 is 0 Å². The van der Waals surface area contributed by atoms with Crippen LogP contribution in [0.25, 0.3) is 22.2 Å². The number of hydrogen-bond acceptors (Lipinski definition) is 3. The fourth-order valence-electron chi connectivity index (χ4n) is 3.92. The van der Waals surface area contributed by atoms with Crippen LogP contribution in [-0.4, -0.2) is 20.7 Å². The Morgan fingerprint density at radius 2 is 2.08 bits per heavy atom. The lowest BCUT2D eigenvalue weighted by Gasteiger charge is -2.17. The fraction of sp³-hybridized carbons (Fsp3) is 0.350. The molecule has 126 valence electrons. The quantitative estimate of drug-likeness (QED) is 0.683. The third kappa shape index (κ3) is 2.29. The minimum absolute atomic E-state index is 0.0482. The summed E-state index contributed by atoms with van der Waals surface area (Å²) in [6.07, 6.45) is 3.63.